The SMILES string of the molecule is CC1(C)c2ccccc2-c2cc(C3=CC4c5cc6c7c(c5N(c5ccccn5)C4C=C3)CCc3cc4c5cc(-c8ccc9c(c8)-c8ccccc8C9(C)C)ccc5n(-c5ccccn5)c4c(c3-7)CC6)ccc21. The standard InChI is InChI=1S/C68H52N4/c1-67(2)55-15-7-5-13-45(55)49-33-39(21-27-57(49)67)41-23-29-59-51(35-41)53-37-43-19-26-48-64-44(20-25-47(63(43)64)65(53)71(59)61-17-9-11-31-69-61)38-54-52-36-42(24-30-60(52)72(66(48)54)62-18-10-12-32-70-62)40-22-28-58-50(34-40)46-14-6-8-16-56(46)68(58,3)4/h5-18,21-24,27-38,51,59H,19-20,25-26H2,1-4H3. The molecule has 0 fully saturated rings. The molecule has 4 heteroatoms. The fourth-order valence-corrected chi connectivity index (χ4v) is 14.7. The van der Waals surface area contributed by atoms with Crippen molar-refractivity contribution in [3.8, 4) is 50.3 Å². The van der Waals surface area contributed by atoms with E-state index in [2.05, 4.69) is 195 Å². The molecular formula is C68H52N4. The van der Waals surface area contributed by atoms with Crippen molar-refractivity contribution < 1.29 is 0 Å². The van der Waals surface area contributed by atoms with E-state index in [0.29, 0.717) is 0 Å². The first-order valence-corrected chi connectivity index (χ1v) is 26.1. The molecular weight excluding hydrogens is 873 g/mol. The first-order chi connectivity index (χ1) is 35.2. The van der Waals surface area contributed by atoms with Crippen molar-refractivity contribution in [3.05, 3.63) is 238 Å². The van der Waals surface area contributed by atoms with Crippen LogP contribution in [-0.2, 0) is 36.5 Å². The van der Waals surface area contributed by atoms with Crippen LogP contribution >= 0.6 is 0 Å². The molecule has 344 valence electrons. The first kappa shape index (κ1) is 40.6. The van der Waals surface area contributed by atoms with E-state index in [1.807, 2.05) is 24.5 Å². The predicted molar refractivity (Wildman–Crippen MR) is 296 cm³/mol. The normalized spacial score (nSPS) is 18.6. The second-order valence-electron chi connectivity index (χ2n) is 22.3. The van der Waals surface area contributed by atoms with Gasteiger partial charge >= 0.3 is 0 Å². The van der Waals surface area contributed by atoms with Gasteiger partial charge in [-0.3, -0.25) is 4.57 Å². The third-order valence-corrected chi connectivity index (χ3v) is 18.0. The van der Waals surface area contributed by atoms with Crippen LogP contribution in [0.4, 0.5) is 11.5 Å². The molecule has 0 spiro atoms. The van der Waals surface area contributed by atoms with Gasteiger partial charge in [-0.15, -0.1) is 0 Å². The first-order valence-electron chi connectivity index (χ1n) is 26.1. The highest BCUT2D eigenvalue weighted by atomic mass is 15.2. The van der Waals surface area contributed by atoms with Crippen LogP contribution in [0.3, 0.4) is 0 Å². The number of fused-ring (bicyclic) bond motifs is 14. The van der Waals surface area contributed by atoms with Crippen LogP contribution in [0.5, 0.6) is 0 Å². The largest absolute Gasteiger partial charge is 0.318 e. The topological polar surface area (TPSA) is 34.0 Å². The lowest BCUT2D eigenvalue weighted by atomic mass is 9.72. The minimum absolute atomic E-state index is 0.0158. The van der Waals surface area contributed by atoms with Gasteiger partial charge in [0.05, 0.1) is 22.8 Å². The molecule has 10 aromatic rings. The Hall–Kier alpha value is -8.08. The summed E-state index contributed by atoms with van der Waals surface area (Å²) in [6, 6.07) is 57.5. The highest BCUT2D eigenvalue weighted by Crippen LogP contribution is 2.58. The number of nitrogens with zero attached hydrogens (tertiary/aromatic N) is 4. The van der Waals surface area contributed by atoms with Crippen molar-refractivity contribution in [3.63, 3.8) is 0 Å². The molecule has 2 unspecified atom stereocenters. The number of benzene rings is 7. The smallest absolute Gasteiger partial charge is 0.137 e. The predicted octanol–water partition coefficient (Wildman–Crippen LogP) is 16.0. The van der Waals surface area contributed by atoms with Gasteiger partial charge < -0.3 is 4.90 Å². The van der Waals surface area contributed by atoms with Crippen molar-refractivity contribution in [2.45, 2.75) is 76.2 Å². The zero-order chi connectivity index (χ0) is 47.8. The van der Waals surface area contributed by atoms with E-state index in [1.54, 1.807) is 0 Å². The molecule has 0 bridgehead atoms. The monoisotopic (exact) mass is 924 g/mol. The summed E-state index contributed by atoms with van der Waals surface area (Å²) < 4.78 is 2.47. The van der Waals surface area contributed by atoms with Gasteiger partial charge in [0.2, 0.25) is 0 Å². The Labute approximate surface area is 420 Å². The van der Waals surface area contributed by atoms with E-state index in [-0.39, 0.29) is 22.8 Å². The molecule has 0 radical (unpaired) electrons. The number of allylic oxidation sites excluding steroid dienone is 2. The fourth-order valence-electron chi connectivity index (χ4n) is 14.7. The number of rotatable bonds is 4. The van der Waals surface area contributed by atoms with Crippen molar-refractivity contribution in [2.24, 2.45) is 0 Å². The minimum Gasteiger partial charge on any atom is -0.318 e. The molecule has 7 aromatic carbocycles. The molecule has 4 heterocycles. The van der Waals surface area contributed by atoms with Crippen LogP contribution in [0.25, 0.3) is 77.7 Å². The third-order valence-electron chi connectivity index (χ3n) is 18.0. The third kappa shape index (κ3) is 5.32. The number of aromatic nitrogens is 3. The zero-order valence-corrected chi connectivity index (χ0v) is 41.1. The van der Waals surface area contributed by atoms with Gasteiger partial charge in [-0.2, -0.15) is 0 Å². The summed E-state index contributed by atoms with van der Waals surface area (Å²) in [5, 5.41) is 2.62. The van der Waals surface area contributed by atoms with E-state index in [9.17, 15) is 0 Å². The Morgan fingerprint density at radius 1 is 0.500 bits per heavy atom. The van der Waals surface area contributed by atoms with E-state index in [1.165, 1.54) is 133 Å². The zero-order valence-electron chi connectivity index (χ0n) is 41.1. The van der Waals surface area contributed by atoms with E-state index in [4.69, 9.17) is 9.97 Å². The van der Waals surface area contributed by atoms with Gasteiger partial charge in [-0.1, -0.05) is 143 Å². The highest BCUT2D eigenvalue weighted by molar-refractivity contribution is 6.14. The summed E-state index contributed by atoms with van der Waals surface area (Å²) in [5.41, 5.74) is 30.3. The summed E-state index contributed by atoms with van der Waals surface area (Å²) in [6.07, 6.45) is 15.3. The second-order valence-corrected chi connectivity index (χ2v) is 22.3. The van der Waals surface area contributed by atoms with Crippen molar-refractivity contribution in [1.29, 1.82) is 0 Å². The molecule has 1 aliphatic heterocycles. The number of hydrogen-bond acceptors (Lipinski definition) is 3. The maximum absolute atomic E-state index is 5.08. The fraction of sp³-hybridized carbons (Fsp3) is 0.176. The van der Waals surface area contributed by atoms with Crippen LogP contribution in [0.2, 0.25) is 0 Å². The molecule has 16 rings (SSSR count). The quantitative estimate of drug-likeness (QED) is 0.176. The van der Waals surface area contributed by atoms with Crippen LogP contribution in [0, 0.1) is 0 Å². The van der Waals surface area contributed by atoms with Gasteiger partial charge in [-0.25, -0.2) is 9.97 Å². The van der Waals surface area contributed by atoms with Crippen LogP contribution in [0.1, 0.15) is 89.2 Å². The Balaban J connectivity index is 0.871. The van der Waals surface area contributed by atoms with E-state index in [0.717, 1.165) is 37.3 Å². The molecule has 5 aliphatic carbocycles. The molecule has 0 saturated heterocycles. The summed E-state index contributed by atoms with van der Waals surface area (Å²) >= 11 is 0. The maximum Gasteiger partial charge on any atom is 0.137 e. The summed E-state index contributed by atoms with van der Waals surface area (Å²) in [5.74, 6) is 2.17. The molecule has 4 nitrogen and oxygen atoms in total. The van der Waals surface area contributed by atoms with Crippen LogP contribution in [-0.4, -0.2) is 20.6 Å². The lowest BCUT2D eigenvalue weighted by Gasteiger charge is -2.34. The number of hydrogen-bond donors (Lipinski definition) is 0. The average Bonchev–Trinajstić information content (AvgIpc) is 4.08. The molecule has 3 aromatic heterocycles. The molecule has 72 heavy (non-hydrogen) atoms. The van der Waals surface area contributed by atoms with Gasteiger partial charge in [0.25, 0.3) is 0 Å². The second kappa shape index (κ2) is 14.3. The Bertz CT molecular complexity index is 4110. The van der Waals surface area contributed by atoms with Gasteiger partial charge in [0.1, 0.15) is 11.6 Å². The van der Waals surface area contributed by atoms with E-state index >= 15 is 0 Å². The van der Waals surface area contributed by atoms with Gasteiger partial charge in [0, 0.05) is 39.9 Å². The molecule has 0 saturated carbocycles. The van der Waals surface area contributed by atoms with Gasteiger partial charge in [0.15, 0.2) is 0 Å². The van der Waals surface area contributed by atoms with Crippen LogP contribution in [0.15, 0.2) is 182 Å². The summed E-state index contributed by atoms with van der Waals surface area (Å²) in [7, 11) is 0. The Morgan fingerprint density at radius 2 is 1.08 bits per heavy atom. The summed E-state index contributed by atoms with van der Waals surface area (Å²) in [4.78, 5) is 12.7. The maximum atomic E-state index is 5.08. The Morgan fingerprint density at radius 3 is 1.79 bits per heavy atom. The highest BCUT2D eigenvalue weighted by Gasteiger charge is 2.44. The summed E-state index contributed by atoms with van der Waals surface area (Å²) in [6.45, 7) is 9.46. The Kier molecular flexibility index (Phi) is 8.07. The van der Waals surface area contributed by atoms with Crippen molar-refractivity contribution in [1.82, 2.24) is 14.5 Å². The van der Waals surface area contributed by atoms with Gasteiger partial charge in [-0.05, 0) is 186 Å². The molecule has 2 atom stereocenters. The lowest BCUT2D eigenvalue weighted by Crippen LogP contribution is -2.30. The molecule has 0 amide bonds. The minimum atomic E-state index is -0.0228. The van der Waals surface area contributed by atoms with Crippen molar-refractivity contribution >= 4 is 38.9 Å². The van der Waals surface area contributed by atoms with Crippen molar-refractivity contribution in [2.75, 3.05) is 4.90 Å². The van der Waals surface area contributed by atoms with Crippen LogP contribution < -0.4 is 4.90 Å². The number of anilines is 2. The molecule has 6 aliphatic rings. The van der Waals surface area contributed by atoms with E-state index < -0.39 is 0 Å². The lowest BCUT2D eigenvalue weighted by molar-refractivity contribution is 0.660. The number of aryl methyl sites for hydroxylation is 3. The average molecular weight is 925 g/mol. The molecule has 0 N–H and O–H groups in total. The number of pyridine rings is 2.